The summed E-state index contributed by atoms with van der Waals surface area (Å²) in [6, 6.07) is 51.0. The van der Waals surface area contributed by atoms with Crippen molar-refractivity contribution < 1.29 is 0 Å². The molecular formula is C42H30N2S. The van der Waals surface area contributed by atoms with Crippen molar-refractivity contribution >= 4 is 76.0 Å². The Balaban J connectivity index is 1.18. The summed E-state index contributed by atoms with van der Waals surface area (Å²) in [6.07, 6.45) is 9.09. The highest BCUT2D eigenvalue weighted by Gasteiger charge is 2.17. The number of para-hydroxylation sites is 2. The third-order valence-electron chi connectivity index (χ3n) is 9.02. The minimum atomic E-state index is 1.10. The van der Waals surface area contributed by atoms with Crippen LogP contribution in [-0.4, -0.2) is 4.57 Å². The van der Waals surface area contributed by atoms with Crippen LogP contribution in [-0.2, 0) is 0 Å². The van der Waals surface area contributed by atoms with Crippen molar-refractivity contribution in [2.45, 2.75) is 12.8 Å². The molecule has 9 rings (SSSR count). The molecule has 3 heteroatoms. The molecule has 0 spiro atoms. The van der Waals surface area contributed by atoms with Crippen LogP contribution >= 0.6 is 11.3 Å². The van der Waals surface area contributed by atoms with E-state index < -0.39 is 0 Å². The van der Waals surface area contributed by atoms with E-state index in [2.05, 4.69) is 167 Å². The lowest BCUT2D eigenvalue weighted by Crippen LogP contribution is -2.10. The van der Waals surface area contributed by atoms with Crippen molar-refractivity contribution in [3.05, 3.63) is 163 Å². The fraction of sp³-hybridized carbons (Fsp3) is 0.0476. The van der Waals surface area contributed by atoms with Crippen molar-refractivity contribution in [3.63, 3.8) is 0 Å². The monoisotopic (exact) mass is 594 g/mol. The SMILES string of the molecule is C1=CC(c2ccc(N(c3ccc(-n4c5ccccc5c5ccccc54)cc3)c3ccc4c(c3)sc3ccccc34)cc2)=CCC1. The Morgan fingerprint density at radius 2 is 1.11 bits per heavy atom. The molecule has 1 aliphatic carbocycles. The Kier molecular flexibility index (Phi) is 6.17. The molecule has 214 valence electrons. The number of anilines is 3. The van der Waals surface area contributed by atoms with E-state index >= 15 is 0 Å². The number of thiophene rings is 1. The van der Waals surface area contributed by atoms with Crippen LogP contribution in [0.5, 0.6) is 0 Å². The molecular weight excluding hydrogens is 565 g/mol. The molecule has 2 heterocycles. The van der Waals surface area contributed by atoms with E-state index in [1.54, 1.807) is 0 Å². The van der Waals surface area contributed by atoms with Crippen molar-refractivity contribution in [1.82, 2.24) is 4.57 Å². The van der Waals surface area contributed by atoms with Gasteiger partial charge in [-0.3, -0.25) is 0 Å². The number of nitrogens with zero attached hydrogens (tertiary/aromatic N) is 2. The fourth-order valence-electron chi connectivity index (χ4n) is 6.88. The predicted octanol–water partition coefficient (Wildman–Crippen LogP) is 12.4. The smallest absolute Gasteiger partial charge is 0.0541 e. The maximum absolute atomic E-state index is 2.38. The number of allylic oxidation sites excluding steroid dienone is 4. The first-order valence-corrected chi connectivity index (χ1v) is 16.4. The first-order chi connectivity index (χ1) is 22.3. The van der Waals surface area contributed by atoms with Gasteiger partial charge < -0.3 is 9.47 Å². The molecule has 2 aromatic heterocycles. The van der Waals surface area contributed by atoms with Gasteiger partial charge in [0.2, 0.25) is 0 Å². The molecule has 0 atom stereocenters. The molecule has 0 N–H and O–H groups in total. The van der Waals surface area contributed by atoms with Crippen molar-refractivity contribution in [2.75, 3.05) is 4.90 Å². The summed E-state index contributed by atoms with van der Waals surface area (Å²) in [5, 5.41) is 5.19. The van der Waals surface area contributed by atoms with Crippen LogP contribution in [0.25, 0.3) is 53.2 Å². The summed E-state index contributed by atoms with van der Waals surface area (Å²) >= 11 is 1.86. The van der Waals surface area contributed by atoms with Gasteiger partial charge in [-0.2, -0.15) is 0 Å². The van der Waals surface area contributed by atoms with Gasteiger partial charge in [0.25, 0.3) is 0 Å². The molecule has 0 saturated carbocycles. The highest BCUT2D eigenvalue weighted by Crippen LogP contribution is 2.41. The maximum Gasteiger partial charge on any atom is 0.0541 e. The Hall–Kier alpha value is -5.38. The largest absolute Gasteiger partial charge is 0.310 e. The van der Waals surface area contributed by atoms with E-state index in [9.17, 15) is 0 Å². The summed E-state index contributed by atoms with van der Waals surface area (Å²) in [5.41, 5.74) is 9.59. The van der Waals surface area contributed by atoms with E-state index in [0.717, 1.165) is 35.6 Å². The second kappa shape index (κ2) is 10.7. The van der Waals surface area contributed by atoms with Gasteiger partial charge in [0.1, 0.15) is 0 Å². The van der Waals surface area contributed by atoms with Crippen LogP contribution in [0.3, 0.4) is 0 Å². The Labute approximate surface area is 266 Å². The molecule has 0 bridgehead atoms. The normalized spacial score (nSPS) is 13.2. The molecule has 8 aromatic rings. The van der Waals surface area contributed by atoms with E-state index in [1.807, 2.05) is 11.3 Å². The lowest BCUT2D eigenvalue weighted by Gasteiger charge is -2.26. The van der Waals surface area contributed by atoms with Gasteiger partial charge in [0.05, 0.1) is 11.0 Å². The Bertz CT molecular complexity index is 2370. The zero-order chi connectivity index (χ0) is 29.7. The summed E-state index contributed by atoms with van der Waals surface area (Å²) in [5.74, 6) is 0. The minimum Gasteiger partial charge on any atom is -0.310 e. The first-order valence-electron chi connectivity index (χ1n) is 15.6. The minimum absolute atomic E-state index is 1.10. The zero-order valence-electron chi connectivity index (χ0n) is 24.7. The Morgan fingerprint density at radius 3 is 1.80 bits per heavy atom. The lowest BCUT2D eigenvalue weighted by atomic mass is 9.99. The number of rotatable bonds is 5. The van der Waals surface area contributed by atoms with Gasteiger partial charge in [-0.25, -0.2) is 0 Å². The Morgan fingerprint density at radius 1 is 0.511 bits per heavy atom. The molecule has 0 amide bonds. The topological polar surface area (TPSA) is 8.17 Å². The van der Waals surface area contributed by atoms with Crippen LogP contribution < -0.4 is 4.90 Å². The van der Waals surface area contributed by atoms with Crippen LogP contribution in [0.4, 0.5) is 17.1 Å². The van der Waals surface area contributed by atoms with Gasteiger partial charge >= 0.3 is 0 Å². The zero-order valence-corrected chi connectivity index (χ0v) is 25.5. The number of fused-ring (bicyclic) bond motifs is 6. The number of hydrogen-bond acceptors (Lipinski definition) is 2. The summed E-state index contributed by atoms with van der Waals surface area (Å²) in [7, 11) is 0. The number of hydrogen-bond donors (Lipinski definition) is 0. The molecule has 0 radical (unpaired) electrons. The maximum atomic E-state index is 2.38. The molecule has 0 unspecified atom stereocenters. The van der Waals surface area contributed by atoms with Gasteiger partial charge in [-0.1, -0.05) is 91.0 Å². The highest BCUT2D eigenvalue weighted by molar-refractivity contribution is 7.25. The van der Waals surface area contributed by atoms with Gasteiger partial charge in [0, 0.05) is 53.7 Å². The van der Waals surface area contributed by atoms with E-state index in [4.69, 9.17) is 0 Å². The number of aromatic nitrogens is 1. The summed E-state index contributed by atoms with van der Waals surface area (Å²) in [6.45, 7) is 0. The van der Waals surface area contributed by atoms with Crippen LogP contribution in [0, 0.1) is 0 Å². The molecule has 1 aliphatic rings. The summed E-state index contributed by atoms with van der Waals surface area (Å²) in [4.78, 5) is 2.38. The van der Waals surface area contributed by atoms with Crippen LogP contribution in [0.1, 0.15) is 18.4 Å². The van der Waals surface area contributed by atoms with Crippen LogP contribution in [0.15, 0.2) is 158 Å². The molecule has 6 aromatic carbocycles. The molecule has 0 saturated heterocycles. The predicted molar refractivity (Wildman–Crippen MR) is 195 cm³/mol. The second-order valence-corrected chi connectivity index (χ2v) is 12.8. The van der Waals surface area contributed by atoms with E-state index in [-0.39, 0.29) is 0 Å². The van der Waals surface area contributed by atoms with Crippen LogP contribution in [0.2, 0.25) is 0 Å². The number of benzene rings is 6. The quantitative estimate of drug-likeness (QED) is 0.192. The molecule has 0 fully saturated rings. The first kappa shape index (κ1) is 26.1. The van der Waals surface area contributed by atoms with Gasteiger partial charge in [-0.05, 0) is 90.7 Å². The van der Waals surface area contributed by atoms with Gasteiger partial charge in [0.15, 0.2) is 0 Å². The lowest BCUT2D eigenvalue weighted by molar-refractivity contribution is 1.04. The summed E-state index contributed by atoms with van der Waals surface area (Å²) < 4.78 is 5.00. The third-order valence-corrected chi connectivity index (χ3v) is 10.2. The molecule has 2 nitrogen and oxygen atoms in total. The van der Waals surface area contributed by atoms with E-state index in [0.29, 0.717) is 0 Å². The van der Waals surface area contributed by atoms with E-state index in [1.165, 1.54) is 53.1 Å². The molecule has 45 heavy (non-hydrogen) atoms. The van der Waals surface area contributed by atoms with Crippen molar-refractivity contribution in [3.8, 4) is 5.69 Å². The van der Waals surface area contributed by atoms with Crippen molar-refractivity contribution in [2.24, 2.45) is 0 Å². The standard InChI is InChI=1S/C42H30N2S/c1-2-10-29(11-3-1)30-18-20-31(21-19-30)43(34-26-27-38-37-14-6-9-17-41(37)45-42(38)28-34)32-22-24-33(25-23-32)44-39-15-7-4-12-35(39)36-13-5-8-16-40(36)44/h2,4-28H,1,3H2. The molecule has 0 aliphatic heterocycles. The average Bonchev–Trinajstić information content (AvgIpc) is 3.65. The highest BCUT2D eigenvalue weighted by atomic mass is 32.1. The second-order valence-electron chi connectivity index (χ2n) is 11.7. The van der Waals surface area contributed by atoms with Gasteiger partial charge in [-0.15, -0.1) is 11.3 Å². The third kappa shape index (κ3) is 4.39. The van der Waals surface area contributed by atoms with Crippen molar-refractivity contribution in [1.29, 1.82) is 0 Å². The fourth-order valence-corrected chi connectivity index (χ4v) is 8.02. The average molecular weight is 595 g/mol.